The van der Waals surface area contributed by atoms with E-state index in [9.17, 15) is 0 Å². The first kappa shape index (κ1) is 23.0. The van der Waals surface area contributed by atoms with E-state index in [2.05, 4.69) is 41.3 Å². The van der Waals surface area contributed by atoms with Crippen molar-refractivity contribution in [3.8, 4) is 11.5 Å². The maximum absolute atomic E-state index is 6.48. The van der Waals surface area contributed by atoms with Crippen molar-refractivity contribution in [3.05, 3.63) is 69.2 Å². The Labute approximate surface area is 192 Å². The second kappa shape index (κ2) is 11.1. The van der Waals surface area contributed by atoms with Gasteiger partial charge in [-0.3, -0.25) is 5.10 Å². The molecule has 0 radical (unpaired) electrons. The molecule has 0 unspecified atom stereocenters. The van der Waals surface area contributed by atoms with Crippen LogP contribution in [0.5, 0.6) is 11.5 Å². The Morgan fingerprint density at radius 3 is 2.68 bits per heavy atom. The van der Waals surface area contributed by atoms with E-state index in [-0.39, 0.29) is 0 Å². The molecule has 0 aliphatic carbocycles. The standard InChI is InChI=1S/C23H27ClN4O2S/c1-4-29-20-13-18(12-19(24)22(20)30-15-16(2)3)14-25-28-21(26-27-23(28)31)11-10-17-8-6-5-7-9-17/h5-9,12-14,16H,4,10-11,15H2,1-3H3,(H,27,31)/b25-14-. The zero-order valence-electron chi connectivity index (χ0n) is 18.0. The van der Waals surface area contributed by atoms with E-state index in [0.717, 1.165) is 17.8 Å². The summed E-state index contributed by atoms with van der Waals surface area (Å²) >= 11 is 11.8. The molecule has 164 valence electrons. The van der Waals surface area contributed by atoms with Crippen molar-refractivity contribution in [3.63, 3.8) is 0 Å². The maximum atomic E-state index is 6.48. The molecule has 31 heavy (non-hydrogen) atoms. The summed E-state index contributed by atoms with van der Waals surface area (Å²) in [5.74, 6) is 2.29. The van der Waals surface area contributed by atoms with Crippen LogP contribution in [0.1, 0.15) is 37.7 Å². The van der Waals surface area contributed by atoms with Crippen molar-refractivity contribution in [2.75, 3.05) is 13.2 Å². The number of nitrogens with one attached hydrogen (secondary N) is 1. The summed E-state index contributed by atoms with van der Waals surface area (Å²) in [5, 5.41) is 12.2. The second-order valence-electron chi connectivity index (χ2n) is 7.45. The zero-order chi connectivity index (χ0) is 22.2. The van der Waals surface area contributed by atoms with Crippen LogP contribution >= 0.6 is 23.8 Å². The van der Waals surface area contributed by atoms with Gasteiger partial charge in [-0.15, -0.1) is 0 Å². The van der Waals surface area contributed by atoms with Crippen molar-refractivity contribution in [1.82, 2.24) is 14.9 Å². The van der Waals surface area contributed by atoms with Gasteiger partial charge in [-0.1, -0.05) is 55.8 Å². The van der Waals surface area contributed by atoms with Gasteiger partial charge in [0.2, 0.25) is 4.77 Å². The Kier molecular flexibility index (Phi) is 8.26. The molecular weight excluding hydrogens is 432 g/mol. The predicted octanol–water partition coefficient (Wildman–Crippen LogP) is 5.69. The fraction of sp³-hybridized carbons (Fsp3) is 0.348. The van der Waals surface area contributed by atoms with Gasteiger partial charge in [0.15, 0.2) is 17.3 Å². The number of hydrogen-bond acceptors (Lipinski definition) is 5. The molecule has 0 spiro atoms. The molecule has 0 bridgehead atoms. The number of ether oxygens (including phenoxy) is 2. The van der Waals surface area contributed by atoms with Gasteiger partial charge in [-0.2, -0.15) is 14.9 Å². The predicted molar refractivity (Wildman–Crippen MR) is 127 cm³/mol. The highest BCUT2D eigenvalue weighted by Gasteiger charge is 2.13. The molecule has 3 rings (SSSR count). The van der Waals surface area contributed by atoms with Gasteiger partial charge in [0.05, 0.1) is 24.5 Å². The zero-order valence-corrected chi connectivity index (χ0v) is 19.5. The second-order valence-corrected chi connectivity index (χ2v) is 8.25. The van der Waals surface area contributed by atoms with Crippen molar-refractivity contribution in [2.45, 2.75) is 33.6 Å². The normalized spacial score (nSPS) is 11.4. The third kappa shape index (κ3) is 6.42. The number of aryl methyl sites for hydroxylation is 2. The van der Waals surface area contributed by atoms with Gasteiger partial charge in [0.25, 0.3) is 0 Å². The number of aromatic amines is 1. The van der Waals surface area contributed by atoms with Gasteiger partial charge >= 0.3 is 0 Å². The summed E-state index contributed by atoms with van der Waals surface area (Å²) in [6, 6.07) is 13.9. The van der Waals surface area contributed by atoms with E-state index in [0.29, 0.717) is 46.8 Å². The van der Waals surface area contributed by atoms with E-state index in [1.807, 2.05) is 31.2 Å². The Bertz CT molecular complexity index is 1080. The van der Waals surface area contributed by atoms with Crippen molar-refractivity contribution < 1.29 is 9.47 Å². The average Bonchev–Trinajstić information content (AvgIpc) is 3.10. The van der Waals surface area contributed by atoms with Crippen LogP contribution < -0.4 is 9.47 Å². The molecule has 0 saturated carbocycles. The van der Waals surface area contributed by atoms with Crippen LogP contribution in [0.3, 0.4) is 0 Å². The number of aromatic nitrogens is 3. The van der Waals surface area contributed by atoms with Crippen LogP contribution in [0.4, 0.5) is 0 Å². The third-order valence-corrected chi connectivity index (χ3v) is 4.96. The number of rotatable bonds is 10. The molecule has 0 amide bonds. The first-order chi connectivity index (χ1) is 15.0. The highest BCUT2D eigenvalue weighted by Crippen LogP contribution is 2.36. The minimum atomic E-state index is 0.379. The Morgan fingerprint density at radius 2 is 1.97 bits per heavy atom. The summed E-state index contributed by atoms with van der Waals surface area (Å²) in [6.45, 7) is 7.15. The average molecular weight is 459 g/mol. The summed E-state index contributed by atoms with van der Waals surface area (Å²) in [5.41, 5.74) is 2.01. The molecular formula is C23H27ClN4O2S. The molecule has 1 N–H and O–H groups in total. The van der Waals surface area contributed by atoms with Crippen LogP contribution in [0.25, 0.3) is 0 Å². The number of hydrogen-bond donors (Lipinski definition) is 1. The van der Waals surface area contributed by atoms with Gasteiger partial charge < -0.3 is 9.47 Å². The molecule has 0 fully saturated rings. The Morgan fingerprint density at radius 1 is 1.19 bits per heavy atom. The largest absolute Gasteiger partial charge is 0.490 e. The van der Waals surface area contributed by atoms with Crippen LogP contribution in [-0.4, -0.2) is 34.3 Å². The highest BCUT2D eigenvalue weighted by atomic mass is 35.5. The van der Waals surface area contributed by atoms with Crippen LogP contribution in [-0.2, 0) is 12.8 Å². The molecule has 0 aliphatic heterocycles. The minimum absolute atomic E-state index is 0.379. The number of H-pyrrole nitrogens is 1. The number of benzene rings is 2. The fourth-order valence-electron chi connectivity index (χ4n) is 2.95. The lowest BCUT2D eigenvalue weighted by Gasteiger charge is -2.15. The monoisotopic (exact) mass is 458 g/mol. The quantitative estimate of drug-likeness (QED) is 0.313. The maximum Gasteiger partial charge on any atom is 0.216 e. The molecule has 0 saturated heterocycles. The lowest BCUT2D eigenvalue weighted by Crippen LogP contribution is -2.07. The minimum Gasteiger partial charge on any atom is -0.490 e. The SMILES string of the molecule is CCOc1cc(/C=N\n2c(CCc3ccccc3)n[nH]c2=S)cc(Cl)c1OCC(C)C. The molecule has 0 aliphatic rings. The molecule has 8 heteroatoms. The number of halogens is 1. The molecule has 6 nitrogen and oxygen atoms in total. The smallest absolute Gasteiger partial charge is 0.216 e. The van der Waals surface area contributed by atoms with E-state index in [4.69, 9.17) is 33.3 Å². The van der Waals surface area contributed by atoms with Crippen LogP contribution in [0, 0.1) is 10.7 Å². The fourth-order valence-corrected chi connectivity index (χ4v) is 3.42. The van der Waals surface area contributed by atoms with Crippen LogP contribution in [0.15, 0.2) is 47.6 Å². The Hall–Kier alpha value is -2.64. The van der Waals surface area contributed by atoms with Gasteiger partial charge in [-0.05, 0) is 54.7 Å². The first-order valence-electron chi connectivity index (χ1n) is 10.3. The van der Waals surface area contributed by atoms with Gasteiger partial charge in [0, 0.05) is 6.42 Å². The van der Waals surface area contributed by atoms with E-state index in [1.54, 1.807) is 17.0 Å². The third-order valence-electron chi connectivity index (χ3n) is 4.41. The first-order valence-corrected chi connectivity index (χ1v) is 11.1. The van der Waals surface area contributed by atoms with E-state index in [1.165, 1.54) is 5.56 Å². The molecule has 1 heterocycles. The van der Waals surface area contributed by atoms with Crippen molar-refractivity contribution in [2.24, 2.45) is 11.0 Å². The molecule has 1 aromatic heterocycles. The lowest BCUT2D eigenvalue weighted by molar-refractivity contribution is 0.248. The summed E-state index contributed by atoms with van der Waals surface area (Å²) in [6.07, 6.45) is 3.25. The summed E-state index contributed by atoms with van der Waals surface area (Å²) < 4.78 is 13.7. The topological polar surface area (TPSA) is 64.4 Å². The van der Waals surface area contributed by atoms with E-state index >= 15 is 0 Å². The van der Waals surface area contributed by atoms with Crippen LogP contribution in [0.2, 0.25) is 5.02 Å². The summed E-state index contributed by atoms with van der Waals surface area (Å²) in [7, 11) is 0. The molecule has 3 aromatic rings. The highest BCUT2D eigenvalue weighted by molar-refractivity contribution is 7.71. The van der Waals surface area contributed by atoms with Crippen molar-refractivity contribution in [1.29, 1.82) is 0 Å². The molecule has 2 aromatic carbocycles. The van der Waals surface area contributed by atoms with Crippen molar-refractivity contribution >= 4 is 30.0 Å². The summed E-state index contributed by atoms with van der Waals surface area (Å²) in [4.78, 5) is 0. The lowest BCUT2D eigenvalue weighted by atomic mass is 10.1. The van der Waals surface area contributed by atoms with E-state index < -0.39 is 0 Å². The van der Waals surface area contributed by atoms with Gasteiger partial charge in [0.1, 0.15) is 0 Å². The Balaban J connectivity index is 1.81. The molecule has 0 atom stereocenters. The van der Waals surface area contributed by atoms with Gasteiger partial charge in [-0.25, -0.2) is 0 Å². The number of nitrogens with zero attached hydrogens (tertiary/aromatic N) is 3.